The number of thioether (sulfide) groups is 1. The minimum Gasteiger partial charge on any atom is -0.454 e. The lowest BCUT2D eigenvalue weighted by atomic mass is 10.0. The summed E-state index contributed by atoms with van der Waals surface area (Å²) >= 11 is 7.41. The highest BCUT2D eigenvalue weighted by atomic mass is 35.5. The third kappa shape index (κ3) is 7.72. The highest BCUT2D eigenvalue weighted by Gasteiger charge is 2.33. The number of carbonyl (C=O) groups is 2. The summed E-state index contributed by atoms with van der Waals surface area (Å²) in [6.45, 7) is 7.01. The van der Waals surface area contributed by atoms with Crippen molar-refractivity contribution in [1.29, 1.82) is 0 Å². The van der Waals surface area contributed by atoms with Crippen LogP contribution >= 0.6 is 23.4 Å². The van der Waals surface area contributed by atoms with Crippen molar-refractivity contribution in [2.45, 2.75) is 31.6 Å². The highest BCUT2D eigenvalue weighted by Crippen LogP contribution is 2.37. The normalized spacial score (nSPS) is 14.5. The first kappa shape index (κ1) is 31.7. The van der Waals surface area contributed by atoms with Crippen molar-refractivity contribution >= 4 is 46.6 Å². The van der Waals surface area contributed by atoms with Gasteiger partial charge in [0.2, 0.25) is 12.7 Å². The van der Waals surface area contributed by atoms with E-state index in [-0.39, 0.29) is 30.9 Å². The van der Waals surface area contributed by atoms with Gasteiger partial charge in [-0.25, -0.2) is 9.97 Å². The smallest absolute Gasteiger partial charge is 0.251 e. The van der Waals surface area contributed by atoms with Gasteiger partial charge in [0.05, 0.1) is 19.0 Å². The Labute approximate surface area is 277 Å². The number of nitrogens with one attached hydrogen (secondary N) is 1. The quantitative estimate of drug-likeness (QED) is 0.167. The summed E-state index contributed by atoms with van der Waals surface area (Å²) in [4.78, 5) is 41.2. The molecule has 1 saturated heterocycles. The van der Waals surface area contributed by atoms with Crippen LogP contribution in [0.2, 0.25) is 5.02 Å². The molecule has 0 saturated carbocycles. The van der Waals surface area contributed by atoms with Crippen molar-refractivity contribution < 1.29 is 23.8 Å². The Morgan fingerprint density at radius 3 is 2.35 bits per heavy atom. The Kier molecular flexibility index (Phi) is 9.91. The van der Waals surface area contributed by atoms with E-state index in [0.29, 0.717) is 46.1 Å². The zero-order chi connectivity index (χ0) is 32.0. The zero-order valence-corrected chi connectivity index (χ0v) is 27.1. The monoisotopic (exact) mass is 659 g/mol. The van der Waals surface area contributed by atoms with Crippen LogP contribution in [0.3, 0.4) is 0 Å². The SMILES string of the molecule is Cc1cc(C)nc(SCC(=O)N(Cc2ccc(Cl)cc2)C(C(=O)Nc2ccc(N3CCOCC3)cc2)c2ccc3c(c2)OCO3)n1. The van der Waals surface area contributed by atoms with Crippen LogP contribution in [-0.2, 0) is 20.9 Å². The van der Waals surface area contributed by atoms with Gasteiger partial charge >= 0.3 is 0 Å². The summed E-state index contributed by atoms with van der Waals surface area (Å²) in [6, 6.07) is 21.1. The van der Waals surface area contributed by atoms with E-state index in [4.69, 9.17) is 25.8 Å². The molecule has 0 radical (unpaired) electrons. The molecule has 1 unspecified atom stereocenters. The van der Waals surface area contributed by atoms with E-state index >= 15 is 0 Å². The maximum Gasteiger partial charge on any atom is 0.251 e. The number of ether oxygens (including phenoxy) is 3. The molecule has 12 heteroatoms. The Balaban J connectivity index is 1.32. The Morgan fingerprint density at radius 2 is 1.63 bits per heavy atom. The van der Waals surface area contributed by atoms with E-state index in [1.54, 1.807) is 35.2 Å². The second-order valence-electron chi connectivity index (χ2n) is 11.0. The van der Waals surface area contributed by atoms with Crippen LogP contribution in [-0.4, -0.2) is 65.5 Å². The molecule has 0 spiro atoms. The molecular weight excluding hydrogens is 626 g/mol. The molecule has 1 atom stereocenters. The number of anilines is 2. The van der Waals surface area contributed by atoms with Gasteiger partial charge in [-0.2, -0.15) is 0 Å². The van der Waals surface area contributed by atoms with Gasteiger partial charge in [0.15, 0.2) is 16.7 Å². The standard InChI is InChI=1S/C34H34ClN5O5S/c1-22-17-23(2)37-34(36-22)46-20-31(41)40(19-24-3-6-26(35)7-4-24)32(25-5-12-29-30(18-25)45-21-44-29)33(42)38-27-8-10-28(11-9-27)39-13-15-43-16-14-39/h3-12,17-18,32H,13-16,19-21H2,1-2H3,(H,38,42). The molecule has 1 N–H and O–H groups in total. The summed E-state index contributed by atoms with van der Waals surface area (Å²) in [6.07, 6.45) is 0. The average Bonchev–Trinajstić information content (AvgIpc) is 3.53. The molecular formula is C34H34ClN5O5S. The van der Waals surface area contributed by atoms with E-state index in [9.17, 15) is 9.59 Å². The van der Waals surface area contributed by atoms with Crippen LogP contribution in [0.1, 0.15) is 28.6 Å². The van der Waals surface area contributed by atoms with Gasteiger partial charge < -0.3 is 29.3 Å². The summed E-state index contributed by atoms with van der Waals surface area (Å²) in [5, 5.41) is 4.14. The lowest BCUT2D eigenvalue weighted by Crippen LogP contribution is -2.41. The first-order chi connectivity index (χ1) is 22.3. The lowest BCUT2D eigenvalue weighted by Gasteiger charge is -2.32. The van der Waals surface area contributed by atoms with Crippen LogP contribution in [0.4, 0.5) is 11.4 Å². The number of fused-ring (bicyclic) bond motifs is 1. The predicted octanol–water partition coefficient (Wildman–Crippen LogP) is 5.81. The number of aromatic nitrogens is 2. The zero-order valence-electron chi connectivity index (χ0n) is 25.6. The molecule has 2 aliphatic heterocycles. The summed E-state index contributed by atoms with van der Waals surface area (Å²) in [5.41, 5.74) is 4.71. The molecule has 0 bridgehead atoms. The van der Waals surface area contributed by atoms with Gasteiger partial charge in [-0.3, -0.25) is 9.59 Å². The molecule has 2 amide bonds. The molecule has 1 fully saturated rings. The number of aryl methyl sites for hydroxylation is 2. The van der Waals surface area contributed by atoms with E-state index in [0.717, 1.165) is 35.7 Å². The van der Waals surface area contributed by atoms with Crippen LogP contribution in [0, 0.1) is 13.8 Å². The first-order valence-electron chi connectivity index (χ1n) is 14.9. The van der Waals surface area contributed by atoms with Crippen LogP contribution in [0.25, 0.3) is 0 Å². The molecule has 0 aliphatic carbocycles. The van der Waals surface area contributed by atoms with Gasteiger partial charge in [-0.15, -0.1) is 0 Å². The van der Waals surface area contributed by atoms with Gasteiger partial charge in [0, 0.05) is 47.4 Å². The fraction of sp³-hybridized carbons (Fsp3) is 0.294. The average molecular weight is 660 g/mol. The molecule has 6 rings (SSSR count). The third-order valence-corrected chi connectivity index (χ3v) is 8.74. The van der Waals surface area contributed by atoms with Crippen molar-refractivity contribution in [3.05, 3.63) is 100 Å². The second kappa shape index (κ2) is 14.4. The maximum atomic E-state index is 14.3. The number of hydrogen-bond donors (Lipinski definition) is 1. The minimum absolute atomic E-state index is 0.0268. The Hall–Kier alpha value is -4.32. The topological polar surface area (TPSA) is 106 Å². The summed E-state index contributed by atoms with van der Waals surface area (Å²) in [5.74, 6) is 0.497. The Bertz CT molecular complexity index is 1680. The second-order valence-corrected chi connectivity index (χ2v) is 12.4. The lowest BCUT2D eigenvalue weighted by molar-refractivity contribution is -0.137. The number of amides is 2. The Morgan fingerprint density at radius 1 is 0.935 bits per heavy atom. The summed E-state index contributed by atoms with van der Waals surface area (Å²) in [7, 11) is 0. The molecule has 46 heavy (non-hydrogen) atoms. The molecule has 1 aromatic heterocycles. The van der Waals surface area contributed by atoms with E-state index < -0.39 is 6.04 Å². The van der Waals surface area contributed by atoms with Crippen molar-refractivity contribution in [3.8, 4) is 11.5 Å². The minimum atomic E-state index is -1.00. The maximum absolute atomic E-state index is 14.3. The predicted molar refractivity (Wildman–Crippen MR) is 178 cm³/mol. The molecule has 2 aliphatic rings. The van der Waals surface area contributed by atoms with Gasteiger partial charge in [-0.1, -0.05) is 41.6 Å². The van der Waals surface area contributed by atoms with Crippen LogP contribution in [0.5, 0.6) is 11.5 Å². The van der Waals surface area contributed by atoms with Crippen LogP contribution < -0.4 is 19.7 Å². The number of rotatable bonds is 10. The fourth-order valence-corrected chi connectivity index (χ4v) is 6.38. The number of benzene rings is 3. The fourth-order valence-electron chi connectivity index (χ4n) is 5.42. The molecule has 4 aromatic rings. The van der Waals surface area contributed by atoms with Crippen molar-refractivity contribution in [2.75, 3.05) is 49.1 Å². The highest BCUT2D eigenvalue weighted by molar-refractivity contribution is 7.99. The first-order valence-corrected chi connectivity index (χ1v) is 16.3. The van der Waals surface area contributed by atoms with Gasteiger partial charge in [-0.05, 0) is 79.6 Å². The number of nitrogens with zero attached hydrogens (tertiary/aromatic N) is 4. The summed E-state index contributed by atoms with van der Waals surface area (Å²) < 4.78 is 16.7. The van der Waals surface area contributed by atoms with Gasteiger partial charge in [0.1, 0.15) is 6.04 Å². The largest absolute Gasteiger partial charge is 0.454 e. The molecule has 10 nitrogen and oxygen atoms in total. The number of halogens is 1. The van der Waals surface area contributed by atoms with Crippen molar-refractivity contribution in [3.63, 3.8) is 0 Å². The van der Waals surface area contributed by atoms with E-state index in [2.05, 4.69) is 20.2 Å². The molecule has 238 valence electrons. The number of hydrogen-bond acceptors (Lipinski definition) is 9. The van der Waals surface area contributed by atoms with Crippen molar-refractivity contribution in [1.82, 2.24) is 14.9 Å². The van der Waals surface area contributed by atoms with Crippen LogP contribution in [0.15, 0.2) is 78.0 Å². The van der Waals surface area contributed by atoms with Gasteiger partial charge in [0.25, 0.3) is 5.91 Å². The van der Waals surface area contributed by atoms with Crippen molar-refractivity contribution in [2.24, 2.45) is 0 Å². The molecule has 3 heterocycles. The number of carbonyl (C=O) groups excluding carboxylic acids is 2. The van der Waals surface area contributed by atoms with E-state index in [1.807, 2.05) is 56.3 Å². The van der Waals surface area contributed by atoms with E-state index in [1.165, 1.54) is 11.8 Å². The third-order valence-electron chi connectivity index (χ3n) is 7.66. The molecule has 3 aromatic carbocycles. The number of morpholine rings is 1.